The molecule has 0 spiro atoms. The Kier molecular flexibility index (Phi) is 10.5. The Labute approximate surface area is 211 Å². The highest BCUT2D eigenvalue weighted by Gasteiger charge is 2.24. The van der Waals surface area contributed by atoms with Crippen LogP contribution in [0.3, 0.4) is 0 Å². The monoisotopic (exact) mass is 481 g/mol. The second-order valence-electron chi connectivity index (χ2n) is 10.5. The second kappa shape index (κ2) is 13.6. The molecule has 35 heavy (non-hydrogen) atoms. The molecule has 192 valence electrons. The maximum absolute atomic E-state index is 11.9. The molecule has 7 heteroatoms. The van der Waals surface area contributed by atoms with Gasteiger partial charge in [-0.2, -0.15) is 0 Å². The molecule has 1 aliphatic rings. The van der Waals surface area contributed by atoms with Crippen LogP contribution in [0.4, 0.5) is 4.79 Å². The molecule has 1 aromatic carbocycles. The van der Waals surface area contributed by atoms with Gasteiger partial charge in [-0.15, -0.1) is 0 Å². The standard InChI is InChI=1S/C28H43N5O2/c1-22(12-16-30-27(34)35-28(2,3)4)33-17-13-25(14-18-33)31-21-26(24-10-6-5-7-11-24)32-20-23-9-8-15-29-19-23/h5-11,15,19,22,25-26,31-32H,12-14,16-18,20-21H2,1-4H3,(H,30,34). The smallest absolute Gasteiger partial charge is 0.407 e. The van der Waals surface area contributed by atoms with Gasteiger partial charge in [-0.1, -0.05) is 36.4 Å². The summed E-state index contributed by atoms with van der Waals surface area (Å²) >= 11 is 0. The number of benzene rings is 1. The molecule has 3 rings (SSSR count). The summed E-state index contributed by atoms with van der Waals surface area (Å²) in [5, 5.41) is 10.4. The first-order valence-electron chi connectivity index (χ1n) is 12.9. The van der Waals surface area contributed by atoms with Crippen LogP contribution in [0.15, 0.2) is 54.9 Å². The van der Waals surface area contributed by atoms with E-state index in [-0.39, 0.29) is 12.1 Å². The van der Waals surface area contributed by atoms with Crippen molar-refractivity contribution in [2.75, 3.05) is 26.2 Å². The van der Waals surface area contributed by atoms with Crippen molar-refractivity contribution in [2.24, 2.45) is 0 Å². The van der Waals surface area contributed by atoms with Crippen molar-refractivity contribution in [3.05, 3.63) is 66.0 Å². The van der Waals surface area contributed by atoms with Gasteiger partial charge in [-0.3, -0.25) is 4.98 Å². The molecule has 1 aromatic heterocycles. The van der Waals surface area contributed by atoms with E-state index in [1.165, 1.54) is 11.1 Å². The predicted octanol–water partition coefficient (Wildman–Crippen LogP) is 4.27. The lowest BCUT2D eigenvalue weighted by atomic mass is 10.0. The summed E-state index contributed by atoms with van der Waals surface area (Å²) in [6.07, 6.45) is 6.58. The molecule has 0 radical (unpaired) electrons. The number of pyridine rings is 1. The Morgan fingerprint density at radius 1 is 1.14 bits per heavy atom. The van der Waals surface area contributed by atoms with Crippen molar-refractivity contribution >= 4 is 6.09 Å². The van der Waals surface area contributed by atoms with E-state index < -0.39 is 5.60 Å². The van der Waals surface area contributed by atoms with Crippen LogP contribution in [0.1, 0.15) is 64.1 Å². The molecule has 2 heterocycles. The zero-order valence-corrected chi connectivity index (χ0v) is 21.8. The molecule has 0 saturated carbocycles. The van der Waals surface area contributed by atoms with E-state index in [0.717, 1.165) is 45.4 Å². The summed E-state index contributed by atoms with van der Waals surface area (Å²) in [5.74, 6) is 0. The van der Waals surface area contributed by atoms with Crippen molar-refractivity contribution in [2.45, 2.75) is 77.2 Å². The molecule has 2 unspecified atom stereocenters. The number of hydrogen-bond donors (Lipinski definition) is 3. The Bertz CT molecular complexity index is 864. The van der Waals surface area contributed by atoms with Crippen molar-refractivity contribution in [1.82, 2.24) is 25.8 Å². The fourth-order valence-corrected chi connectivity index (χ4v) is 4.45. The third-order valence-electron chi connectivity index (χ3n) is 6.47. The first kappa shape index (κ1) is 27.1. The number of aromatic nitrogens is 1. The predicted molar refractivity (Wildman–Crippen MR) is 141 cm³/mol. The van der Waals surface area contributed by atoms with Crippen LogP contribution in [-0.4, -0.2) is 59.8 Å². The highest BCUT2D eigenvalue weighted by molar-refractivity contribution is 5.67. The number of rotatable bonds is 11. The average molecular weight is 482 g/mol. The van der Waals surface area contributed by atoms with Crippen LogP contribution in [0.25, 0.3) is 0 Å². The Balaban J connectivity index is 1.40. The zero-order valence-electron chi connectivity index (χ0n) is 21.8. The Morgan fingerprint density at radius 2 is 1.89 bits per heavy atom. The SMILES string of the molecule is CC(CCNC(=O)OC(C)(C)C)N1CCC(NCC(NCc2cccnc2)c2ccccc2)CC1. The number of ether oxygens (including phenoxy) is 1. The number of alkyl carbamates (subject to hydrolysis) is 1. The van der Waals surface area contributed by atoms with Gasteiger partial charge >= 0.3 is 6.09 Å². The molecular formula is C28H43N5O2. The molecule has 0 aliphatic carbocycles. The van der Waals surface area contributed by atoms with E-state index in [0.29, 0.717) is 18.6 Å². The molecule has 2 atom stereocenters. The number of likely N-dealkylation sites (tertiary alicyclic amines) is 1. The molecule has 1 saturated heterocycles. The van der Waals surface area contributed by atoms with Gasteiger partial charge in [-0.25, -0.2) is 4.79 Å². The van der Waals surface area contributed by atoms with Crippen LogP contribution >= 0.6 is 0 Å². The van der Waals surface area contributed by atoms with Crippen molar-refractivity contribution < 1.29 is 9.53 Å². The fraction of sp³-hybridized carbons (Fsp3) is 0.571. The summed E-state index contributed by atoms with van der Waals surface area (Å²) in [7, 11) is 0. The van der Waals surface area contributed by atoms with E-state index in [9.17, 15) is 4.79 Å². The molecule has 1 amide bonds. The topological polar surface area (TPSA) is 78.5 Å². The van der Waals surface area contributed by atoms with Gasteiger partial charge in [-0.05, 0) is 77.2 Å². The molecule has 1 aliphatic heterocycles. The first-order chi connectivity index (χ1) is 16.8. The lowest BCUT2D eigenvalue weighted by Crippen LogP contribution is -2.48. The van der Waals surface area contributed by atoms with Crippen LogP contribution in [0.2, 0.25) is 0 Å². The molecule has 1 fully saturated rings. The minimum atomic E-state index is -0.460. The van der Waals surface area contributed by atoms with Gasteiger partial charge in [0.25, 0.3) is 0 Å². The van der Waals surface area contributed by atoms with Crippen LogP contribution in [0, 0.1) is 0 Å². The van der Waals surface area contributed by atoms with E-state index in [2.05, 4.69) is 69.2 Å². The third-order valence-corrected chi connectivity index (χ3v) is 6.47. The number of carbonyl (C=O) groups excluding carboxylic acids is 1. The van der Waals surface area contributed by atoms with E-state index >= 15 is 0 Å². The molecular weight excluding hydrogens is 438 g/mol. The number of amides is 1. The number of piperidine rings is 1. The van der Waals surface area contributed by atoms with Gasteiger partial charge in [0, 0.05) is 50.2 Å². The highest BCUT2D eigenvalue weighted by Crippen LogP contribution is 2.17. The largest absolute Gasteiger partial charge is 0.444 e. The Morgan fingerprint density at radius 3 is 2.54 bits per heavy atom. The number of nitrogens with one attached hydrogen (secondary N) is 3. The van der Waals surface area contributed by atoms with E-state index in [1.807, 2.05) is 39.2 Å². The van der Waals surface area contributed by atoms with E-state index in [1.54, 1.807) is 0 Å². The van der Waals surface area contributed by atoms with Crippen molar-refractivity contribution in [3.8, 4) is 0 Å². The van der Waals surface area contributed by atoms with Crippen LogP contribution < -0.4 is 16.0 Å². The lowest BCUT2D eigenvalue weighted by Gasteiger charge is -2.37. The van der Waals surface area contributed by atoms with Crippen molar-refractivity contribution in [3.63, 3.8) is 0 Å². The Hall–Kier alpha value is -2.48. The van der Waals surface area contributed by atoms with Gasteiger partial charge in [0.15, 0.2) is 0 Å². The molecule has 3 N–H and O–H groups in total. The average Bonchev–Trinajstić information content (AvgIpc) is 2.84. The number of hydrogen-bond acceptors (Lipinski definition) is 6. The number of carbonyl (C=O) groups is 1. The highest BCUT2D eigenvalue weighted by atomic mass is 16.6. The zero-order chi connectivity index (χ0) is 25.1. The quantitative estimate of drug-likeness (QED) is 0.445. The first-order valence-corrected chi connectivity index (χ1v) is 12.9. The molecule has 7 nitrogen and oxygen atoms in total. The van der Waals surface area contributed by atoms with Crippen LogP contribution in [-0.2, 0) is 11.3 Å². The van der Waals surface area contributed by atoms with Gasteiger partial charge in [0.1, 0.15) is 5.60 Å². The van der Waals surface area contributed by atoms with Gasteiger partial charge < -0.3 is 25.6 Å². The minimum absolute atomic E-state index is 0.243. The van der Waals surface area contributed by atoms with Crippen LogP contribution in [0.5, 0.6) is 0 Å². The van der Waals surface area contributed by atoms with Gasteiger partial charge in [0.05, 0.1) is 0 Å². The second-order valence-corrected chi connectivity index (χ2v) is 10.5. The number of nitrogens with zero attached hydrogens (tertiary/aromatic N) is 2. The minimum Gasteiger partial charge on any atom is -0.444 e. The molecule has 0 bridgehead atoms. The summed E-state index contributed by atoms with van der Waals surface area (Å²) in [6.45, 7) is 12.4. The summed E-state index contributed by atoms with van der Waals surface area (Å²) in [5.41, 5.74) is 2.03. The maximum atomic E-state index is 11.9. The molecule has 2 aromatic rings. The lowest BCUT2D eigenvalue weighted by molar-refractivity contribution is 0.0520. The normalized spacial score (nSPS) is 17.0. The van der Waals surface area contributed by atoms with Gasteiger partial charge in [0.2, 0.25) is 0 Å². The van der Waals surface area contributed by atoms with E-state index in [4.69, 9.17) is 4.74 Å². The van der Waals surface area contributed by atoms with Crippen molar-refractivity contribution in [1.29, 1.82) is 0 Å². The summed E-state index contributed by atoms with van der Waals surface area (Å²) < 4.78 is 5.32. The summed E-state index contributed by atoms with van der Waals surface area (Å²) in [6, 6.07) is 15.9. The fourth-order valence-electron chi connectivity index (χ4n) is 4.45. The summed E-state index contributed by atoms with van der Waals surface area (Å²) in [4.78, 5) is 18.6. The maximum Gasteiger partial charge on any atom is 0.407 e. The third kappa shape index (κ3) is 9.96.